The Bertz CT molecular complexity index is 3870. The Morgan fingerprint density at radius 1 is 0.191 bits per heavy atom. The molecule has 68 heavy (non-hydrogen) atoms. The molecular formula is C64H32F4. The van der Waals surface area contributed by atoms with Gasteiger partial charge in [-0.15, -0.1) is 0 Å². The molecule has 15 rings (SSSR count). The lowest BCUT2D eigenvalue weighted by atomic mass is 9.82. The molecule has 13 aromatic rings. The number of hydrogen-bond acceptors (Lipinski definition) is 0. The van der Waals surface area contributed by atoms with Crippen LogP contribution in [0.25, 0.3) is 154 Å². The Morgan fingerprint density at radius 3 is 0.676 bits per heavy atom. The number of benzene rings is 13. The quantitative estimate of drug-likeness (QED) is 0.0939. The van der Waals surface area contributed by atoms with Gasteiger partial charge in [0.2, 0.25) is 0 Å². The van der Waals surface area contributed by atoms with Crippen molar-refractivity contribution in [3.05, 3.63) is 217 Å². The molecule has 0 unspecified atom stereocenters. The normalized spacial score (nSPS) is 12.4. The SMILES string of the molecule is Fc1cccc(-c2c3c(c(-c4cccc(F)c4)c4ccccc24)-c2ccc4c5ccc6c7c(ccc(c8ccc-3c2c84)c75)-c2c-6c(-c3cccc(F)c3)c3ccccc3c2-c2cccc(F)c2)c1. The maximum Gasteiger partial charge on any atom is 0.123 e. The van der Waals surface area contributed by atoms with Crippen LogP contribution in [0.5, 0.6) is 0 Å². The van der Waals surface area contributed by atoms with E-state index < -0.39 is 0 Å². The summed E-state index contributed by atoms with van der Waals surface area (Å²) in [5, 5.41) is 12.7. The molecule has 0 atom stereocenters. The highest BCUT2D eigenvalue weighted by atomic mass is 19.1. The van der Waals surface area contributed by atoms with Gasteiger partial charge in [0.25, 0.3) is 0 Å². The Balaban J connectivity index is 1.08. The molecule has 0 aromatic heterocycles. The Kier molecular flexibility index (Phi) is 7.46. The second-order valence-electron chi connectivity index (χ2n) is 18.3. The highest BCUT2D eigenvalue weighted by Gasteiger charge is 2.35. The minimum absolute atomic E-state index is 0.315. The summed E-state index contributed by atoms with van der Waals surface area (Å²) in [4.78, 5) is 0. The predicted molar refractivity (Wildman–Crippen MR) is 273 cm³/mol. The summed E-state index contributed by atoms with van der Waals surface area (Å²) in [6.07, 6.45) is 0. The van der Waals surface area contributed by atoms with E-state index in [1.165, 1.54) is 24.3 Å². The fourth-order valence-corrected chi connectivity index (χ4v) is 12.5. The monoisotopic (exact) mass is 876 g/mol. The third kappa shape index (κ3) is 4.88. The zero-order chi connectivity index (χ0) is 45.1. The van der Waals surface area contributed by atoms with E-state index in [1.807, 2.05) is 48.5 Å². The third-order valence-electron chi connectivity index (χ3n) is 14.9. The van der Waals surface area contributed by atoms with Gasteiger partial charge < -0.3 is 0 Å². The van der Waals surface area contributed by atoms with Gasteiger partial charge in [0, 0.05) is 0 Å². The van der Waals surface area contributed by atoms with Crippen LogP contribution in [0.15, 0.2) is 194 Å². The van der Waals surface area contributed by atoms with Crippen molar-refractivity contribution in [3.63, 3.8) is 0 Å². The van der Waals surface area contributed by atoms with Crippen molar-refractivity contribution in [1.82, 2.24) is 0 Å². The minimum atomic E-state index is -0.315. The zero-order valence-corrected chi connectivity index (χ0v) is 36.0. The van der Waals surface area contributed by atoms with Crippen molar-refractivity contribution in [3.8, 4) is 89.0 Å². The Labute approximate surface area is 386 Å². The van der Waals surface area contributed by atoms with Gasteiger partial charge in [-0.1, -0.05) is 146 Å². The van der Waals surface area contributed by atoms with Crippen LogP contribution in [0.2, 0.25) is 0 Å². The van der Waals surface area contributed by atoms with E-state index in [2.05, 4.69) is 72.8 Å². The van der Waals surface area contributed by atoms with Gasteiger partial charge in [0.15, 0.2) is 0 Å². The van der Waals surface area contributed by atoms with Crippen molar-refractivity contribution in [2.45, 2.75) is 0 Å². The molecule has 0 saturated heterocycles. The Hall–Kier alpha value is -8.60. The molecule has 0 spiro atoms. The molecule has 2 aliphatic rings. The summed E-state index contributed by atoms with van der Waals surface area (Å²) in [6, 6.07) is 61.6. The van der Waals surface area contributed by atoms with Gasteiger partial charge >= 0.3 is 0 Å². The summed E-state index contributed by atoms with van der Waals surface area (Å²) in [5.74, 6) is -1.26. The van der Waals surface area contributed by atoms with Crippen molar-refractivity contribution in [1.29, 1.82) is 0 Å². The first kappa shape index (κ1) is 37.6. The molecular weight excluding hydrogens is 845 g/mol. The summed E-state index contributed by atoms with van der Waals surface area (Å²) < 4.78 is 61.2. The third-order valence-corrected chi connectivity index (χ3v) is 14.9. The first-order valence-electron chi connectivity index (χ1n) is 22.8. The van der Waals surface area contributed by atoms with E-state index in [-0.39, 0.29) is 23.3 Å². The summed E-state index contributed by atoms with van der Waals surface area (Å²) >= 11 is 0. The standard InChI is InChI=1S/C64H32F4/c65-37-13-5-9-33(29-37)53-41-17-1-2-18-42(41)54(34-10-6-14-38(66)30-34)62-50-26-22-46-48-24-28-52-60-51(27-23-47(58(48)60)45-21-25-49(61(53)62)59(50)57(45)46)63-55(35-11-7-15-39(67)31-35)43-19-3-4-20-44(43)56(64(52)63)36-12-8-16-40(68)32-36/h1-32H. The lowest BCUT2D eigenvalue weighted by Crippen LogP contribution is -1.94. The van der Waals surface area contributed by atoms with E-state index in [1.54, 1.807) is 48.5 Å². The molecule has 0 amide bonds. The molecule has 0 fully saturated rings. The highest BCUT2D eigenvalue weighted by Crippen LogP contribution is 2.63. The topological polar surface area (TPSA) is 0 Å². The molecule has 0 heterocycles. The lowest BCUT2D eigenvalue weighted by Gasteiger charge is -2.20. The van der Waals surface area contributed by atoms with Crippen LogP contribution in [-0.4, -0.2) is 0 Å². The molecule has 0 bridgehead atoms. The van der Waals surface area contributed by atoms with E-state index in [9.17, 15) is 0 Å². The van der Waals surface area contributed by atoms with Crippen molar-refractivity contribution in [2.24, 2.45) is 0 Å². The van der Waals surface area contributed by atoms with Gasteiger partial charge in [0.05, 0.1) is 0 Å². The van der Waals surface area contributed by atoms with Gasteiger partial charge in [-0.05, 0) is 202 Å². The summed E-state index contributed by atoms with van der Waals surface area (Å²) in [6.45, 7) is 0. The van der Waals surface area contributed by atoms with Gasteiger partial charge in [-0.3, -0.25) is 0 Å². The average molecular weight is 877 g/mol. The van der Waals surface area contributed by atoms with Crippen LogP contribution in [0.3, 0.4) is 0 Å². The van der Waals surface area contributed by atoms with Gasteiger partial charge in [-0.25, -0.2) is 17.6 Å². The molecule has 0 nitrogen and oxygen atoms in total. The molecule has 13 aromatic carbocycles. The Morgan fingerprint density at radius 2 is 0.441 bits per heavy atom. The fraction of sp³-hybridized carbons (Fsp3) is 0. The van der Waals surface area contributed by atoms with Crippen LogP contribution in [0.1, 0.15) is 0 Å². The molecule has 316 valence electrons. The minimum Gasteiger partial charge on any atom is -0.207 e. The fourth-order valence-electron chi connectivity index (χ4n) is 12.5. The van der Waals surface area contributed by atoms with E-state index in [4.69, 9.17) is 0 Å². The van der Waals surface area contributed by atoms with Gasteiger partial charge in [-0.2, -0.15) is 0 Å². The number of rotatable bonds is 4. The second kappa shape index (κ2) is 13.5. The molecule has 0 aliphatic heterocycles. The lowest BCUT2D eigenvalue weighted by molar-refractivity contribution is 0.628. The zero-order valence-electron chi connectivity index (χ0n) is 36.0. The smallest absolute Gasteiger partial charge is 0.123 e. The predicted octanol–water partition coefficient (Wildman–Crippen LogP) is 18.6. The van der Waals surface area contributed by atoms with Crippen molar-refractivity contribution < 1.29 is 17.6 Å². The van der Waals surface area contributed by atoms with Gasteiger partial charge in [0.1, 0.15) is 23.3 Å². The maximum absolute atomic E-state index is 15.3. The number of fused-ring (bicyclic) bond motifs is 10. The maximum atomic E-state index is 15.3. The van der Waals surface area contributed by atoms with Crippen molar-refractivity contribution >= 4 is 64.6 Å². The van der Waals surface area contributed by atoms with Crippen LogP contribution in [0, 0.1) is 23.3 Å². The number of halogens is 4. The van der Waals surface area contributed by atoms with E-state index in [0.29, 0.717) is 0 Å². The number of hydrogen-bond donors (Lipinski definition) is 0. The van der Waals surface area contributed by atoms with Crippen LogP contribution < -0.4 is 0 Å². The average Bonchev–Trinajstić information content (AvgIpc) is 3.87. The highest BCUT2D eigenvalue weighted by molar-refractivity contribution is 6.42. The summed E-state index contributed by atoms with van der Waals surface area (Å²) in [7, 11) is 0. The first-order valence-corrected chi connectivity index (χ1v) is 22.8. The molecule has 2 aliphatic carbocycles. The van der Waals surface area contributed by atoms with Crippen LogP contribution in [-0.2, 0) is 0 Å². The molecule has 0 radical (unpaired) electrons. The molecule has 4 heteroatoms. The van der Waals surface area contributed by atoms with Crippen LogP contribution >= 0.6 is 0 Å². The first-order chi connectivity index (χ1) is 33.4. The van der Waals surface area contributed by atoms with E-state index in [0.717, 1.165) is 154 Å². The van der Waals surface area contributed by atoms with Crippen LogP contribution in [0.4, 0.5) is 17.6 Å². The second-order valence-corrected chi connectivity index (χ2v) is 18.3. The van der Waals surface area contributed by atoms with Crippen molar-refractivity contribution in [2.75, 3.05) is 0 Å². The largest absolute Gasteiger partial charge is 0.207 e. The molecule has 0 N–H and O–H groups in total. The van der Waals surface area contributed by atoms with E-state index >= 15 is 17.6 Å². The summed E-state index contributed by atoms with van der Waals surface area (Å²) in [5.41, 5.74) is 15.1. The molecule has 0 saturated carbocycles.